The van der Waals surface area contributed by atoms with E-state index in [-0.39, 0.29) is 5.91 Å². The zero-order chi connectivity index (χ0) is 16.7. The van der Waals surface area contributed by atoms with Gasteiger partial charge in [0.05, 0.1) is 16.5 Å². The summed E-state index contributed by atoms with van der Waals surface area (Å²) in [4.78, 5) is 14.1. The number of anilines is 1. The van der Waals surface area contributed by atoms with Crippen LogP contribution in [-0.2, 0) is 11.2 Å². The van der Waals surface area contributed by atoms with E-state index in [4.69, 9.17) is 23.2 Å². The number of hydrogen-bond donors (Lipinski definition) is 1. The summed E-state index contributed by atoms with van der Waals surface area (Å²) < 4.78 is 0. The molecular weight excluding hydrogens is 331 g/mol. The molecule has 0 aliphatic heterocycles. The highest BCUT2D eigenvalue weighted by molar-refractivity contribution is 6.42. The first-order chi connectivity index (χ1) is 11.1. The molecule has 0 bridgehead atoms. The first-order valence-electron chi connectivity index (χ1n) is 7.53. The Morgan fingerprint density at radius 1 is 1.09 bits per heavy atom. The van der Waals surface area contributed by atoms with Gasteiger partial charge in [0, 0.05) is 25.8 Å². The van der Waals surface area contributed by atoms with Gasteiger partial charge in [-0.3, -0.25) is 4.79 Å². The fourth-order valence-electron chi connectivity index (χ4n) is 2.25. The summed E-state index contributed by atoms with van der Waals surface area (Å²) >= 11 is 11.8. The normalized spacial score (nSPS) is 10.4. The Bertz CT molecular complexity index is 647. The molecule has 3 nitrogen and oxygen atoms in total. The summed E-state index contributed by atoms with van der Waals surface area (Å²) in [6.07, 6.45) is 1.20. The Morgan fingerprint density at radius 3 is 2.52 bits per heavy atom. The van der Waals surface area contributed by atoms with Crippen LogP contribution in [0.3, 0.4) is 0 Å². The molecule has 0 radical (unpaired) electrons. The van der Waals surface area contributed by atoms with Crippen LogP contribution < -0.4 is 10.2 Å². The highest BCUT2D eigenvalue weighted by Crippen LogP contribution is 2.22. The number of benzene rings is 2. The number of nitrogens with zero attached hydrogens (tertiary/aromatic N) is 1. The third kappa shape index (κ3) is 5.77. The van der Waals surface area contributed by atoms with Gasteiger partial charge in [-0.05, 0) is 36.2 Å². The minimum Gasteiger partial charge on any atom is -0.375 e. The van der Waals surface area contributed by atoms with Crippen molar-refractivity contribution in [2.75, 3.05) is 25.0 Å². The van der Waals surface area contributed by atoms with E-state index in [2.05, 4.69) is 22.3 Å². The average molecular weight is 351 g/mol. The summed E-state index contributed by atoms with van der Waals surface area (Å²) in [5.74, 6) is -0.00856. The fraction of sp³-hybridized carbons (Fsp3) is 0.278. The van der Waals surface area contributed by atoms with Gasteiger partial charge in [0.15, 0.2) is 0 Å². The molecule has 0 spiro atoms. The third-order valence-corrected chi connectivity index (χ3v) is 4.28. The Morgan fingerprint density at radius 2 is 1.83 bits per heavy atom. The summed E-state index contributed by atoms with van der Waals surface area (Å²) in [5, 5.41) is 3.90. The van der Waals surface area contributed by atoms with Crippen molar-refractivity contribution >= 4 is 34.8 Å². The molecule has 1 N–H and O–H groups in total. The highest BCUT2D eigenvalue weighted by Gasteiger charge is 2.06. The second-order valence-corrected chi connectivity index (χ2v) is 6.20. The van der Waals surface area contributed by atoms with E-state index in [1.165, 1.54) is 5.69 Å². The molecule has 0 saturated carbocycles. The van der Waals surface area contributed by atoms with Gasteiger partial charge in [-0.2, -0.15) is 0 Å². The molecule has 0 aliphatic rings. The van der Waals surface area contributed by atoms with Gasteiger partial charge in [0.25, 0.3) is 0 Å². The fourth-order valence-corrected chi connectivity index (χ4v) is 2.57. The summed E-state index contributed by atoms with van der Waals surface area (Å²) in [6, 6.07) is 15.4. The molecule has 23 heavy (non-hydrogen) atoms. The molecule has 2 rings (SSSR count). The first kappa shape index (κ1) is 17.6. The maximum absolute atomic E-state index is 11.9. The number of amides is 1. The largest absolute Gasteiger partial charge is 0.375 e. The SMILES string of the molecule is CN(CCCNC(=O)Cc1ccc(Cl)c(Cl)c1)c1ccccc1. The van der Waals surface area contributed by atoms with E-state index < -0.39 is 0 Å². The van der Waals surface area contributed by atoms with Crippen molar-refractivity contribution in [1.82, 2.24) is 5.32 Å². The van der Waals surface area contributed by atoms with E-state index in [0.717, 1.165) is 18.5 Å². The molecule has 0 unspecified atom stereocenters. The Hall–Kier alpha value is -1.71. The molecule has 122 valence electrons. The molecule has 0 heterocycles. The van der Waals surface area contributed by atoms with Crippen LogP contribution in [-0.4, -0.2) is 26.0 Å². The van der Waals surface area contributed by atoms with Crippen molar-refractivity contribution in [3.63, 3.8) is 0 Å². The van der Waals surface area contributed by atoms with Gasteiger partial charge >= 0.3 is 0 Å². The Balaban J connectivity index is 1.69. The van der Waals surface area contributed by atoms with Crippen molar-refractivity contribution < 1.29 is 4.79 Å². The van der Waals surface area contributed by atoms with Crippen LogP contribution in [0.2, 0.25) is 10.0 Å². The predicted molar refractivity (Wildman–Crippen MR) is 97.5 cm³/mol. The van der Waals surface area contributed by atoms with Crippen LogP contribution in [0.4, 0.5) is 5.69 Å². The van der Waals surface area contributed by atoms with Gasteiger partial charge < -0.3 is 10.2 Å². The van der Waals surface area contributed by atoms with Crippen molar-refractivity contribution in [3.05, 3.63) is 64.1 Å². The third-order valence-electron chi connectivity index (χ3n) is 3.54. The molecule has 0 aliphatic carbocycles. The average Bonchev–Trinajstić information content (AvgIpc) is 2.55. The Kier molecular flexibility index (Phi) is 6.75. The molecule has 0 fully saturated rings. The second-order valence-electron chi connectivity index (χ2n) is 5.39. The minimum absolute atomic E-state index is 0.00856. The maximum Gasteiger partial charge on any atom is 0.224 e. The standard InChI is InChI=1S/C18H20Cl2N2O/c1-22(15-6-3-2-4-7-15)11-5-10-21-18(23)13-14-8-9-16(19)17(20)12-14/h2-4,6-9,12H,5,10-11,13H2,1H3,(H,21,23). The predicted octanol–water partition coefficient (Wildman–Crippen LogP) is 4.18. The lowest BCUT2D eigenvalue weighted by molar-refractivity contribution is -0.120. The van der Waals surface area contributed by atoms with Gasteiger partial charge in [0.2, 0.25) is 5.91 Å². The van der Waals surface area contributed by atoms with Crippen molar-refractivity contribution in [2.24, 2.45) is 0 Å². The maximum atomic E-state index is 11.9. The first-order valence-corrected chi connectivity index (χ1v) is 8.28. The smallest absolute Gasteiger partial charge is 0.224 e. The summed E-state index contributed by atoms with van der Waals surface area (Å²) in [6.45, 7) is 1.54. The van der Waals surface area contributed by atoms with Gasteiger partial charge in [-0.25, -0.2) is 0 Å². The summed E-state index contributed by atoms with van der Waals surface area (Å²) in [7, 11) is 2.05. The number of halogens is 2. The molecule has 2 aromatic rings. The monoisotopic (exact) mass is 350 g/mol. The molecule has 0 saturated heterocycles. The number of nitrogens with one attached hydrogen (secondary N) is 1. The molecule has 0 aromatic heterocycles. The minimum atomic E-state index is -0.00856. The van der Waals surface area contributed by atoms with E-state index in [1.807, 2.05) is 31.3 Å². The second kappa shape index (κ2) is 8.80. The van der Waals surface area contributed by atoms with Crippen LogP contribution in [0.15, 0.2) is 48.5 Å². The molecule has 1 amide bonds. The number of hydrogen-bond acceptors (Lipinski definition) is 2. The van der Waals surface area contributed by atoms with Gasteiger partial charge in [-0.1, -0.05) is 47.5 Å². The molecular formula is C18H20Cl2N2O. The quantitative estimate of drug-likeness (QED) is 0.759. The zero-order valence-corrected chi connectivity index (χ0v) is 14.6. The summed E-state index contributed by atoms with van der Waals surface area (Å²) in [5.41, 5.74) is 2.04. The van der Waals surface area contributed by atoms with Crippen molar-refractivity contribution in [2.45, 2.75) is 12.8 Å². The van der Waals surface area contributed by atoms with Gasteiger partial charge in [-0.15, -0.1) is 0 Å². The van der Waals surface area contributed by atoms with Crippen LogP contribution >= 0.6 is 23.2 Å². The van der Waals surface area contributed by atoms with Crippen molar-refractivity contribution in [3.8, 4) is 0 Å². The lowest BCUT2D eigenvalue weighted by Gasteiger charge is -2.19. The topological polar surface area (TPSA) is 32.3 Å². The van der Waals surface area contributed by atoms with E-state index in [0.29, 0.717) is 23.0 Å². The van der Waals surface area contributed by atoms with Crippen LogP contribution in [0.25, 0.3) is 0 Å². The lowest BCUT2D eigenvalue weighted by Crippen LogP contribution is -2.29. The van der Waals surface area contributed by atoms with Crippen LogP contribution in [0.5, 0.6) is 0 Å². The lowest BCUT2D eigenvalue weighted by atomic mass is 10.1. The van der Waals surface area contributed by atoms with Gasteiger partial charge in [0.1, 0.15) is 0 Å². The highest BCUT2D eigenvalue weighted by atomic mass is 35.5. The molecule has 0 atom stereocenters. The number of para-hydroxylation sites is 1. The number of carbonyl (C=O) groups is 1. The number of carbonyl (C=O) groups excluding carboxylic acids is 1. The van der Waals surface area contributed by atoms with Crippen LogP contribution in [0.1, 0.15) is 12.0 Å². The van der Waals surface area contributed by atoms with Crippen molar-refractivity contribution in [1.29, 1.82) is 0 Å². The molecule has 5 heteroatoms. The molecule has 2 aromatic carbocycles. The van der Waals surface area contributed by atoms with E-state index in [9.17, 15) is 4.79 Å². The Labute approximate surface area is 147 Å². The zero-order valence-electron chi connectivity index (χ0n) is 13.1. The van der Waals surface area contributed by atoms with E-state index in [1.54, 1.807) is 12.1 Å². The van der Waals surface area contributed by atoms with E-state index >= 15 is 0 Å². The van der Waals surface area contributed by atoms with Crippen LogP contribution in [0, 0.1) is 0 Å². The number of rotatable bonds is 7.